The SMILES string of the molecule is O=C(Nc1ccc(-c2ccccc2)cc1)N1CCN(C(=O)c2ccc(NS(=O)(=O)c3cccc4cccnc34)cc2)CC1. The van der Waals surface area contributed by atoms with Gasteiger partial charge in [0.15, 0.2) is 0 Å². The molecule has 3 amide bonds. The van der Waals surface area contributed by atoms with Crippen molar-refractivity contribution in [2.24, 2.45) is 0 Å². The van der Waals surface area contributed by atoms with Gasteiger partial charge in [0.2, 0.25) is 0 Å². The minimum atomic E-state index is -3.90. The molecule has 5 aromatic rings. The van der Waals surface area contributed by atoms with Crippen molar-refractivity contribution in [3.8, 4) is 11.1 Å². The molecule has 6 rings (SSSR count). The van der Waals surface area contributed by atoms with Crippen molar-refractivity contribution in [1.29, 1.82) is 0 Å². The van der Waals surface area contributed by atoms with Gasteiger partial charge in [-0.2, -0.15) is 0 Å². The Bertz CT molecular complexity index is 1870. The van der Waals surface area contributed by atoms with Crippen molar-refractivity contribution in [3.05, 3.63) is 121 Å². The van der Waals surface area contributed by atoms with Crippen LogP contribution in [0.1, 0.15) is 10.4 Å². The lowest BCUT2D eigenvalue weighted by Crippen LogP contribution is -2.51. The number of carbonyl (C=O) groups excluding carboxylic acids is 2. The summed E-state index contributed by atoms with van der Waals surface area (Å²) in [5.41, 5.74) is 4.04. The van der Waals surface area contributed by atoms with Gasteiger partial charge in [0.05, 0.1) is 5.52 Å². The van der Waals surface area contributed by atoms with E-state index in [-0.39, 0.29) is 16.8 Å². The molecule has 2 N–H and O–H groups in total. The minimum Gasteiger partial charge on any atom is -0.335 e. The monoisotopic (exact) mass is 591 g/mol. The van der Waals surface area contributed by atoms with Crippen molar-refractivity contribution in [3.63, 3.8) is 0 Å². The Morgan fingerprint density at radius 2 is 1.28 bits per heavy atom. The summed E-state index contributed by atoms with van der Waals surface area (Å²) in [5, 5.41) is 3.66. The molecule has 216 valence electrons. The molecule has 1 aliphatic heterocycles. The normalized spacial score (nSPS) is 13.5. The van der Waals surface area contributed by atoms with Crippen LogP contribution in [-0.2, 0) is 10.0 Å². The fraction of sp³-hybridized carbons (Fsp3) is 0.121. The number of fused-ring (bicyclic) bond motifs is 1. The highest BCUT2D eigenvalue weighted by Crippen LogP contribution is 2.24. The van der Waals surface area contributed by atoms with Crippen LogP contribution in [0.2, 0.25) is 0 Å². The fourth-order valence-corrected chi connectivity index (χ4v) is 6.30. The first-order valence-corrected chi connectivity index (χ1v) is 15.3. The molecule has 10 heteroatoms. The van der Waals surface area contributed by atoms with Crippen LogP contribution in [0, 0.1) is 0 Å². The molecule has 0 radical (unpaired) electrons. The quantitative estimate of drug-likeness (QED) is 0.263. The molecule has 1 aromatic heterocycles. The van der Waals surface area contributed by atoms with Gasteiger partial charge in [-0.15, -0.1) is 0 Å². The van der Waals surface area contributed by atoms with Crippen LogP contribution in [0.4, 0.5) is 16.2 Å². The van der Waals surface area contributed by atoms with E-state index >= 15 is 0 Å². The van der Waals surface area contributed by atoms with Gasteiger partial charge in [-0.25, -0.2) is 13.2 Å². The molecule has 1 aliphatic rings. The number of hydrogen-bond donors (Lipinski definition) is 2. The lowest BCUT2D eigenvalue weighted by Gasteiger charge is -2.34. The van der Waals surface area contributed by atoms with Crippen LogP contribution >= 0.6 is 0 Å². The smallest absolute Gasteiger partial charge is 0.321 e. The number of urea groups is 1. The molecular weight excluding hydrogens is 562 g/mol. The molecule has 2 heterocycles. The number of benzene rings is 4. The number of amides is 3. The Balaban J connectivity index is 1.03. The molecule has 0 spiro atoms. The van der Waals surface area contributed by atoms with Gasteiger partial charge < -0.3 is 15.1 Å². The summed E-state index contributed by atoms with van der Waals surface area (Å²) < 4.78 is 28.8. The maximum Gasteiger partial charge on any atom is 0.321 e. The van der Waals surface area contributed by atoms with E-state index in [1.54, 1.807) is 64.5 Å². The third-order valence-corrected chi connectivity index (χ3v) is 8.78. The average Bonchev–Trinajstić information content (AvgIpc) is 3.05. The number of sulfonamides is 1. The summed E-state index contributed by atoms with van der Waals surface area (Å²) >= 11 is 0. The standard InChI is InChI=1S/C33H29N5O4S/c39-32(27-13-17-29(18-14-27)36-43(41,42)30-10-4-8-26-9-5-19-34-31(26)30)37-20-22-38(23-21-37)33(40)35-28-15-11-25(12-16-28)24-6-2-1-3-7-24/h1-19,36H,20-23H2,(H,35,40). The van der Waals surface area contributed by atoms with Gasteiger partial charge >= 0.3 is 6.03 Å². The molecule has 0 unspecified atom stereocenters. The minimum absolute atomic E-state index is 0.0804. The third kappa shape index (κ3) is 6.19. The van der Waals surface area contributed by atoms with Crippen molar-refractivity contribution in [2.45, 2.75) is 4.90 Å². The Morgan fingerprint density at radius 1 is 0.651 bits per heavy atom. The predicted octanol–water partition coefficient (Wildman–Crippen LogP) is 5.69. The van der Waals surface area contributed by atoms with Crippen molar-refractivity contribution < 1.29 is 18.0 Å². The first-order valence-electron chi connectivity index (χ1n) is 13.8. The summed E-state index contributed by atoms with van der Waals surface area (Å²) in [5.74, 6) is -0.177. The summed E-state index contributed by atoms with van der Waals surface area (Å²) in [4.78, 5) is 33.7. The zero-order chi connectivity index (χ0) is 29.8. The number of nitrogens with zero attached hydrogens (tertiary/aromatic N) is 3. The Labute approximate surface area is 249 Å². The van der Waals surface area contributed by atoms with Gasteiger partial charge in [-0.3, -0.25) is 14.5 Å². The highest BCUT2D eigenvalue weighted by Gasteiger charge is 2.25. The number of aromatic nitrogens is 1. The number of hydrogen-bond acceptors (Lipinski definition) is 5. The molecule has 0 atom stereocenters. The largest absolute Gasteiger partial charge is 0.335 e. The van der Waals surface area contributed by atoms with Gasteiger partial charge in [0.25, 0.3) is 15.9 Å². The topological polar surface area (TPSA) is 112 Å². The maximum absolute atomic E-state index is 13.1. The maximum atomic E-state index is 13.1. The second-order valence-corrected chi connectivity index (χ2v) is 11.8. The Kier molecular flexibility index (Phi) is 7.76. The molecule has 43 heavy (non-hydrogen) atoms. The number of pyridine rings is 1. The van der Waals surface area contributed by atoms with Gasteiger partial charge in [0.1, 0.15) is 4.90 Å². The first-order chi connectivity index (χ1) is 20.9. The molecule has 1 fully saturated rings. The van der Waals surface area contributed by atoms with Crippen LogP contribution in [0.5, 0.6) is 0 Å². The van der Waals surface area contributed by atoms with Crippen LogP contribution in [0.15, 0.2) is 120 Å². The van der Waals surface area contributed by atoms with Crippen LogP contribution in [0.25, 0.3) is 22.0 Å². The lowest BCUT2D eigenvalue weighted by atomic mass is 10.1. The molecule has 0 aliphatic carbocycles. The summed E-state index contributed by atoms with van der Waals surface area (Å²) in [6, 6.07) is 32.4. The number of nitrogens with one attached hydrogen (secondary N) is 2. The van der Waals surface area contributed by atoms with Crippen LogP contribution in [-0.4, -0.2) is 61.3 Å². The van der Waals surface area contributed by atoms with Gasteiger partial charge in [-0.1, -0.05) is 60.7 Å². The molecule has 0 saturated carbocycles. The Morgan fingerprint density at radius 3 is 2.00 bits per heavy atom. The second-order valence-electron chi connectivity index (χ2n) is 10.2. The summed E-state index contributed by atoms with van der Waals surface area (Å²) in [6.07, 6.45) is 1.55. The molecule has 0 bridgehead atoms. The predicted molar refractivity (Wildman–Crippen MR) is 167 cm³/mol. The Hall–Kier alpha value is -5.22. The number of rotatable bonds is 6. The zero-order valence-corrected chi connectivity index (χ0v) is 24.0. The van der Waals surface area contributed by atoms with Crippen molar-refractivity contribution in [1.82, 2.24) is 14.8 Å². The fourth-order valence-electron chi connectivity index (χ4n) is 5.06. The third-order valence-electron chi connectivity index (χ3n) is 7.37. The number of piperazine rings is 1. The van der Waals surface area contributed by atoms with E-state index in [0.717, 1.165) is 16.5 Å². The van der Waals surface area contributed by atoms with E-state index in [9.17, 15) is 18.0 Å². The highest BCUT2D eigenvalue weighted by atomic mass is 32.2. The van der Waals surface area contributed by atoms with E-state index in [4.69, 9.17) is 0 Å². The van der Waals surface area contributed by atoms with Crippen LogP contribution < -0.4 is 10.0 Å². The van der Waals surface area contributed by atoms with Gasteiger partial charge in [-0.05, 0) is 59.7 Å². The number of para-hydroxylation sites is 1. The highest BCUT2D eigenvalue weighted by molar-refractivity contribution is 7.93. The molecular formula is C33H29N5O4S. The van der Waals surface area contributed by atoms with Gasteiger partial charge in [0, 0.05) is 54.7 Å². The van der Waals surface area contributed by atoms with Crippen molar-refractivity contribution in [2.75, 3.05) is 36.2 Å². The van der Waals surface area contributed by atoms with E-state index < -0.39 is 10.0 Å². The average molecular weight is 592 g/mol. The van der Waals surface area contributed by atoms with E-state index in [1.165, 1.54) is 6.07 Å². The number of anilines is 2. The van der Waals surface area contributed by atoms with Crippen molar-refractivity contribution >= 4 is 44.2 Å². The molecule has 4 aromatic carbocycles. The number of carbonyl (C=O) groups is 2. The zero-order valence-electron chi connectivity index (χ0n) is 23.2. The molecule has 1 saturated heterocycles. The van der Waals surface area contributed by atoms with E-state index in [2.05, 4.69) is 15.0 Å². The van der Waals surface area contributed by atoms with E-state index in [1.807, 2.05) is 54.6 Å². The summed E-state index contributed by atoms with van der Waals surface area (Å²) in [6.45, 7) is 1.58. The lowest BCUT2D eigenvalue weighted by molar-refractivity contribution is 0.0671. The first kappa shape index (κ1) is 27.9. The van der Waals surface area contributed by atoms with Crippen LogP contribution in [0.3, 0.4) is 0 Å². The second kappa shape index (κ2) is 11.9. The molecule has 9 nitrogen and oxygen atoms in total. The summed E-state index contributed by atoms with van der Waals surface area (Å²) in [7, 11) is -3.90. The van der Waals surface area contributed by atoms with E-state index in [0.29, 0.717) is 48.6 Å².